The Bertz CT molecular complexity index is 865. The molecule has 1 atom stereocenters. The standard InChI is InChI=1S/C24H37N3O7/c1-7-33-20(30)10-11-25-22(31)21(18-9-8-16(2)14-17(18)3)27(12-13-28)19(29)15-26-23(32)34-24(4,5)6/h8-9,14,21,28H,7,10-13,15H2,1-6H3,(H,25,31)(H,26,32). The van der Waals surface area contributed by atoms with E-state index in [-0.39, 0.29) is 26.1 Å². The van der Waals surface area contributed by atoms with Gasteiger partial charge in [0.15, 0.2) is 0 Å². The predicted molar refractivity (Wildman–Crippen MR) is 126 cm³/mol. The third-order valence-electron chi connectivity index (χ3n) is 4.66. The fourth-order valence-corrected chi connectivity index (χ4v) is 3.27. The summed E-state index contributed by atoms with van der Waals surface area (Å²) in [6, 6.07) is 4.37. The highest BCUT2D eigenvalue weighted by atomic mass is 16.6. The lowest BCUT2D eigenvalue weighted by atomic mass is 9.97. The molecule has 0 aromatic heterocycles. The molecule has 34 heavy (non-hydrogen) atoms. The Hall–Kier alpha value is -3.14. The molecule has 3 N–H and O–H groups in total. The Balaban J connectivity index is 3.13. The molecule has 0 aliphatic carbocycles. The van der Waals surface area contributed by atoms with Crippen LogP contribution < -0.4 is 10.6 Å². The molecule has 3 amide bonds. The van der Waals surface area contributed by atoms with Crippen molar-refractivity contribution in [1.82, 2.24) is 15.5 Å². The third kappa shape index (κ3) is 9.78. The zero-order valence-electron chi connectivity index (χ0n) is 20.9. The highest BCUT2D eigenvalue weighted by Gasteiger charge is 2.32. The van der Waals surface area contributed by atoms with Gasteiger partial charge in [-0.15, -0.1) is 0 Å². The molecule has 0 aliphatic rings. The number of rotatable bonds is 11. The molecule has 0 radical (unpaired) electrons. The van der Waals surface area contributed by atoms with E-state index in [0.717, 1.165) is 11.1 Å². The van der Waals surface area contributed by atoms with E-state index in [4.69, 9.17) is 9.47 Å². The highest BCUT2D eigenvalue weighted by Crippen LogP contribution is 2.25. The maximum Gasteiger partial charge on any atom is 0.408 e. The van der Waals surface area contributed by atoms with Crippen molar-refractivity contribution in [3.05, 3.63) is 34.9 Å². The molecule has 1 aromatic carbocycles. The Morgan fingerprint density at radius 2 is 1.79 bits per heavy atom. The molecule has 1 aromatic rings. The van der Waals surface area contributed by atoms with Crippen LogP contribution in [0.15, 0.2) is 18.2 Å². The second kappa shape index (κ2) is 13.5. The SMILES string of the molecule is CCOC(=O)CCNC(=O)C(c1ccc(C)cc1C)N(CCO)C(=O)CNC(=O)OC(C)(C)C. The normalized spacial score (nSPS) is 11.9. The van der Waals surface area contributed by atoms with Crippen LogP contribution in [-0.2, 0) is 23.9 Å². The van der Waals surface area contributed by atoms with E-state index in [1.807, 2.05) is 26.0 Å². The molecule has 0 fully saturated rings. The van der Waals surface area contributed by atoms with Gasteiger partial charge in [-0.25, -0.2) is 4.79 Å². The lowest BCUT2D eigenvalue weighted by Crippen LogP contribution is -2.49. The Kier molecular flexibility index (Phi) is 11.5. The number of nitrogens with one attached hydrogen (secondary N) is 2. The number of carbonyl (C=O) groups excluding carboxylic acids is 4. The Morgan fingerprint density at radius 3 is 2.35 bits per heavy atom. The van der Waals surface area contributed by atoms with Crippen molar-refractivity contribution in [2.24, 2.45) is 0 Å². The van der Waals surface area contributed by atoms with Crippen molar-refractivity contribution in [2.75, 3.05) is 32.8 Å². The van der Waals surface area contributed by atoms with Gasteiger partial charge in [-0.05, 0) is 52.7 Å². The maximum absolute atomic E-state index is 13.2. The van der Waals surface area contributed by atoms with Gasteiger partial charge in [-0.1, -0.05) is 23.8 Å². The summed E-state index contributed by atoms with van der Waals surface area (Å²) >= 11 is 0. The first-order valence-electron chi connectivity index (χ1n) is 11.3. The number of nitrogens with zero attached hydrogens (tertiary/aromatic N) is 1. The van der Waals surface area contributed by atoms with Crippen LogP contribution in [0.5, 0.6) is 0 Å². The molecule has 10 heteroatoms. The van der Waals surface area contributed by atoms with Crippen molar-refractivity contribution in [3.63, 3.8) is 0 Å². The van der Waals surface area contributed by atoms with Crippen LogP contribution in [0.25, 0.3) is 0 Å². The van der Waals surface area contributed by atoms with Gasteiger partial charge in [0, 0.05) is 13.1 Å². The minimum absolute atomic E-state index is 0.0205. The molecule has 0 bridgehead atoms. The van der Waals surface area contributed by atoms with Crippen LogP contribution >= 0.6 is 0 Å². The summed E-state index contributed by atoms with van der Waals surface area (Å²) in [5.74, 6) is -1.54. The van der Waals surface area contributed by atoms with E-state index in [2.05, 4.69) is 10.6 Å². The van der Waals surface area contributed by atoms with Gasteiger partial charge in [0.1, 0.15) is 18.2 Å². The summed E-state index contributed by atoms with van der Waals surface area (Å²) in [7, 11) is 0. The molecule has 190 valence electrons. The number of hydrogen-bond donors (Lipinski definition) is 3. The number of amides is 3. The Morgan fingerprint density at radius 1 is 1.12 bits per heavy atom. The molecule has 0 heterocycles. The lowest BCUT2D eigenvalue weighted by molar-refractivity contribution is -0.143. The van der Waals surface area contributed by atoms with Crippen molar-refractivity contribution in [1.29, 1.82) is 0 Å². The topological polar surface area (TPSA) is 134 Å². The summed E-state index contributed by atoms with van der Waals surface area (Å²) in [6.45, 7) is 9.82. The minimum Gasteiger partial charge on any atom is -0.466 e. The minimum atomic E-state index is -1.08. The largest absolute Gasteiger partial charge is 0.466 e. The van der Waals surface area contributed by atoms with E-state index in [1.165, 1.54) is 4.90 Å². The number of aryl methyl sites for hydroxylation is 2. The summed E-state index contributed by atoms with van der Waals surface area (Å²) in [5, 5.41) is 14.7. The van der Waals surface area contributed by atoms with Crippen molar-refractivity contribution in [2.45, 2.75) is 59.6 Å². The second-order valence-electron chi connectivity index (χ2n) is 8.77. The number of benzene rings is 1. The fraction of sp³-hybridized carbons (Fsp3) is 0.583. The first-order chi connectivity index (χ1) is 15.9. The summed E-state index contributed by atoms with van der Waals surface area (Å²) in [4.78, 5) is 51.1. The van der Waals surface area contributed by atoms with Crippen LogP contribution in [0, 0.1) is 13.8 Å². The number of esters is 1. The Labute approximate surface area is 201 Å². The summed E-state index contributed by atoms with van der Waals surface area (Å²) in [5.41, 5.74) is 1.59. The second-order valence-corrected chi connectivity index (χ2v) is 8.77. The van der Waals surface area contributed by atoms with E-state index in [9.17, 15) is 24.3 Å². The zero-order valence-corrected chi connectivity index (χ0v) is 20.9. The van der Waals surface area contributed by atoms with E-state index in [1.54, 1.807) is 33.8 Å². The predicted octanol–water partition coefficient (Wildman–Crippen LogP) is 1.76. The average molecular weight is 480 g/mol. The van der Waals surface area contributed by atoms with E-state index < -0.39 is 48.7 Å². The van der Waals surface area contributed by atoms with Crippen molar-refractivity contribution in [3.8, 4) is 0 Å². The van der Waals surface area contributed by atoms with Gasteiger partial charge in [-0.2, -0.15) is 0 Å². The first kappa shape index (κ1) is 28.9. The fourth-order valence-electron chi connectivity index (χ4n) is 3.27. The lowest BCUT2D eigenvalue weighted by Gasteiger charge is -2.32. The van der Waals surface area contributed by atoms with Crippen LogP contribution in [-0.4, -0.2) is 72.3 Å². The average Bonchev–Trinajstić information content (AvgIpc) is 2.72. The number of ether oxygens (including phenoxy) is 2. The molecule has 0 saturated carbocycles. The molecule has 0 aliphatic heterocycles. The third-order valence-corrected chi connectivity index (χ3v) is 4.66. The number of alkyl carbamates (subject to hydrolysis) is 1. The van der Waals surface area contributed by atoms with Gasteiger partial charge >= 0.3 is 12.1 Å². The monoisotopic (exact) mass is 479 g/mol. The van der Waals surface area contributed by atoms with E-state index in [0.29, 0.717) is 5.56 Å². The van der Waals surface area contributed by atoms with Crippen LogP contribution in [0.2, 0.25) is 0 Å². The van der Waals surface area contributed by atoms with Crippen LogP contribution in [0.3, 0.4) is 0 Å². The number of carbonyl (C=O) groups is 4. The first-order valence-corrected chi connectivity index (χ1v) is 11.3. The van der Waals surface area contributed by atoms with Gasteiger partial charge in [0.2, 0.25) is 11.8 Å². The molecule has 1 unspecified atom stereocenters. The summed E-state index contributed by atoms with van der Waals surface area (Å²) < 4.78 is 10.0. The maximum atomic E-state index is 13.2. The molecule has 0 saturated heterocycles. The van der Waals surface area contributed by atoms with Crippen molar-refractivity contribution >= 4 is 23.9 Å². The number of hydrogen-bond acceptors (Lipinski definition) is 7. The molecule has 0 spiro atoms. The van der Waals surface area contributed by atoms with Gasteiger partial charge in [-0.3, -0.25) is 14.4 Å². The smallest absolute Gasteiger partial charge is 0.408 e. The van der Waals surface area contributed by atoms with Gasteiger partial charge < -0.3 is 30.1 Å². The number of aliphatic hydroxyl groups is 1. The van der Waals surface area contributed by atoms with E-state index >= 15 is 0 Å². The molecule has 10 nitrogen and oxygen atoms in total. The highest BCUT2D eigenvalue weighted by molar-refractivity contribution is 5.91. The van der Waals surface area contributed by atoms with Crippen LogP contribution in [0.1, 0.15) is 56.8 Å². The zero-order chi connectivity index (χ0) is 25.9. The van der Waals surface area contributed by atoms with Gasteiger partial charge in [0.05, 0.1) is 19.6 Å². The molecular weight excluding hydrogens is 442 g/mol. The van der Waals surface area contributed by atoms with Crippen molar-refractivity contribution < 1.29 is 33.8 Å². The quantitative estimate of drug-likeness (QED) is 0.412. The molecular formula is C24H37N3O7. The van der Waals surface area contributed by atoms with Gasteiger partial charge in [0.25, 0.3) is 0 Å². The summed E-state index contributed by atoms with van der Waals surface area (Å²) in [6.07, 6.45) is -0.792. The molecule has 1 rings (SSSR count). The van der Waals surface area contributed by atoms with Crippen LogP contribution in [0.4, 0.5) is 4.79 Å². The number of aliphatic hydroxyl groups excluding tert-OH is 1.